The summed E-state index contributed by atoms with van der Waals surface area (Å²) in [4.78, 5) is 31.0. The van der Waals surface area contributed by atoms with Crippen molar-refractivity contribution in [1.29, 1.82) is 0 Å². The quantitative estimate of drug-likeness (QED) is 0.231. The first-order valence-corrected chi connectivity index (χ1v) is 13.6. The number of nitrogens with zero attached hydrogens (tertiary/aromatic N) is 2. The highest BCUT2D eigenvalue weighted by Crippen LogP contribution is 2.43. The highest BCUT2D eigenvalue weighted by atomic mass is 16.5. The van der Waals surface area contributed by atoms with Gasteiger partial charge in [0.25, 0.3) is 11.7 Å². The van der Waals surface area contributed by atoms with E-state index >= 15 is 0 Å². The number of piperidine rings is 1. The third-order valence-electron chi connectivity index (χ3n) is 7.69. The lowest BCUT2D eigenvalue weighted by atomic mass is 9.84. The van der Waals surface area contributed by atoms with Gasteiger partial charge in [-0.15, -0.1) is 0 Å². The fraction of sp³-hybridized carbons (Fsp3) is 0.333. The molecule has 3 aromatic carbocycles. The Bertz CT molecular complexity index is 1400. The molecular weight excluding hydrogens is 488 g/mol. The van der Waals surface area contributed by atoms with Crippen molar-refractivity contribution in [2.45, 2.75) is 51.5 Å². The molecule has 2 saturated heterocycles. The molecule has 6 nitrogen and oxygen atoms in total. The van der Waals surface area contributed by atoms with Crippen molar-refractivity contribution < 1.29 is 19.4 Å². The molecule has 0 saturated carbocycles. The van der Waals surface area contributed by atoms with Crippen molar-refractivity contribution in [1.82, 2.24) is 0 Å². The maximum atomic E-state index is 13.6. The number of anilines is 2. The van der Waals surface area contributed by atoms with Gasteiger partial charge in [-0.3, -0.25) is 14.5 Å². The molecule has 1 amide bonds. The number of carbonyl (C=O) groups excluding carboxylic acids is 2. The van der Waals surface area contributed by atoms with Crippen LogP contribution in [0.2, 0.25) is 0 Å². The number of Topliss-reactive ketones (excluding diaryl/α,β-unsaturated/α-hetero) is 1. The minimum Gasteiger partial charge on any atom is -0.507 e. The highest BCUT2D eigenvalue weighted by Gasteiger charge is 2.47. The monoisotopic (exact) mass is 524 g/mol. The maximum Gasteiger partial charge on any atom is 0.300 e. The van der Waals surface area contributed by atoms with E-state index < -0.39 is 17.7 Å². The highest BCUT2D eigenvalue weighted by molar-refractivity contribution is 6.51. The van der Waals surface area contributed by atoms with Gasteiger partial charge in [0, 0.05) is 35.6 Å². The van der Waals surface area contributed by atoms with Gasteiger partial charge in [-0.05, 0) is 72.7 Å². The number of rotatable bonds is 5. The Morgan fingerprint density at radius 3 is 2.13 bits per heavy atom. The van der Waals surface area contributed by atoms with Crippen molar-refractivity contribution in [2.24, 2.45) is 0 Å². The molecule has 0 spiro atoms. The van der Waals surface area contributed by atoms with Crippen LogP contribution in [0.3, 0.4) is 0 Å². The third kappa shape index (κ3) is 5.03. The summed E-state index contributed by atoms with van der Waals surface area (Å²) in [6, 6.07) is 21.8. The molecule has 2 heterocycles. The van der Waals surface area contributed by atoms with Gasteiger partial charge in [-0.25, -0.2) is 0 Å². The zero-order valence-corrected chi connectivity index (χ0v) is 23.1. The Morgan fingerprint density at radius 1 is 0.872 bits per heavy atom. The van der Waals surface area contributed by atoms with Gasteiger partial charge in [0.2, 0.25) is 0 Å². The summed E-state index contributed by atoms with van der Waals surface area (Å²) < 4.78 is 5.56. The predicted octanol–water partition coefficient (Wildman–Crippen LogP) is 6.61. The molecule has 5 rings (SSSR count). The van der Waals surface area contributed by atoms with E-state index in [2.05, 4.69) is 25.7 Å². The first-order chi connectivity index (χ1) is 18.7. The fourth-order valence-corrected chi connectivity index (χ4v) is 5.62. The van der Waals surface area contributed by atoms with Crippen LogP contribution in [0.1, 0.15) is 62.8 Å². The molecule has 1 unspecified atom stereocenters. The van der Waals surface area contributed by atoms with E-state index in [0.717, 1.165) is 29.9 Å². The molecule has 6 heteroatoms. The Balaban J connectivity index is 1.61. The molecule has 2 aliphatic rings. The van der Waals surface area contributed by atoms with Crippen LogP contribution in [0.4, 0.5) is 11.4 Å². The van der Waals surface area contributed by atoms with Gasteiger partial charge in [-0.1, -0.05) is 51.1 Å². The number of hydrogen-bond acceptors (Lipinski definition) is 5. The fourth-order valence-electron chi connectivity index (χ4n) is 5.62. The Hall–Kier alpha value is -4.06. The molecule has 0 aromatic heterocycles. The first-order valence-electron chi connectivity index (χ1n) is 13.6. The van der Waals surface area contributed by atoms with Crippen LogP contribution >= 0.6 is 0 Å². The zero-order valence-electron chi connectivity index (χ0n) is 23.1. The van der Waals surface area contributed by atoms with Crippen molar-refractivity contribution in [3.05, 3.63) is 95.1 Å². The minimum absolute atomic E-state index is 0.0799. The molecule has 2 aliphatic heterocycles. The molecule has 3 aromatic rings. The number of ketones is 1. The van der Waals surface area contributed by atoms with Crippen molar-refractivity contribution in [3.8, 4) is 5.75 Å². The molecule has 0 bridgehead atoms. The summed E-state index contributed by atoms with van der Waals surface area (Å²) in [7, 11) is 1.61. The lowest BCUT2D eigenvalue weighted by Gasteiger charge is -2.30. The van der Waals surface area contributed by atoms with Crippen LogP contribution in [0.5, 0.6) is 5.75 Å². The molecule has 1 atom stereocenters. The third-order valence-corrected chi connectivity index (χ3v) is 7.69. The van der Waals surface area contributed by atoms with E-state index in [1.807, 2.05) is 60.7 Å². The average Bonchev–Trinajstić information content (AvgIpc) is 3.22. The van der Waals surface area contributed by atoms with Gasteiger partial charge in [0.1, 0.15) is 11.5 Å². The van der Waals surface area contributed by atoms with Gasteiger partial charge < -0.3 is 14.7 Å². The lowest BCUT2D eigenvalue weighted by Crippen LogP contribution is -2.30. The second-order valence-electron chi connectivity index (χ2n) is 11.3. The second-order valence-corrected chi connectivity index (χ2v) is 11.3. The molecular formula is C33H36N2O4. The second kappa shape index (κ2) is 10.6. The Labute approximate surface area is 230 Å². The Kier molecular flexibility index (Phi) is 7.21. The molecule has 202 valence electrons. The SMILES string of the molecule is COc1ccc(/C(O)=C2/C(=O)C(=O)N(c3ccc(N4CCCCC4)cc3)C2c2ccccc2)cc1C(C)(C)C. The summed E-state index contributed by atoms with van der Waals surface area (Å²) in [5, 5.41) is 11.6. The number of carbonyl (C=O) groups is 2. The van der Waals surface area contributed by atoms with Crippen LogP contribution in [0.25, 0.3) is 5.76 Å². The van der Waals surface area contributed by atoms with E-state index in [4.69, 9.17) is 4.74 Å². The van der Waals surface area contributed by atoms with E-state index in [0.29, 0.717) is 17.0 Å². The number of ether oxygens (including phenoxy) is 1. The first kappa shape index (κ1) is 26.5. The van der Waals surface area contributed by atoms with Crippen LogP contribution in [0.15, 0.2) is 78.4 Å². The largest absolute Gasteiger partial charge is 0.507 e. The molecule has 1 N–H and O–H groups in total. The van der Waals surface area contributed by atoms with E-state index in [-0.39, 0.29) is 16.7 Å². The Morgan fingerprint density at radius 2 is 1.51 bits per heavy atom. The summed E-state index contributed by atoms with van der Waals surface area (Å²) in [6.07, 6.45) is 3.60. The standard InChI is InChI=1S/C33H36N2O4/c1-33(2,3)26-21-23(13-18-27(26)39-4)30(36)28-29(22-11-7-5-8-12-22)35(32(38)31(28)37)25-16-14-24(15-17-25)34-19-9-6-10-20-34/h5,7-8,11-18,21,29,36H,6,9-10,19-20H2,1-4H3/b30-28-. The number of benzene rings is 3. The van der Waals surface area contributed by atoms with Crippen LogP contribution in [-0.2, 0) is 15.0 Å². The van der Waals surface area contributed by atoms with Crippen molar-refractivity contribution >= 4 is 28.8 Å². The number of aliphatic hydroxyl groups is 1. The topological polar surface area (TPSA) is 70.1 Å². The summed E-state index contributed by atoms with van der Waals surface area (Å²) in [6.45, 7) is 8.22. The van der Waals surface area contributed by atoms with E-state index in [9.17, 15) is 14.7 Å². The van der Waals surface area contributed by atoms with Crippen molar-refractivity contribution in [3.63, 3.8) is 0 Å². The predicted molar refractivity (Wildman–Crippen MR) is 155 cm³/mol. The van der Waals surface area contributed by atoms with Crippen LogP contribution in [-0.4, -0.2) is 37.0 Å². The maximum absolute atomic E-state index is 13.6. The average molecular weight is 525 g/mol. The molecule has 0 aliphatic carbocycles. The number of amides is 1. The minimum atomic E-state index is -0.757. The van der Waals surface area contributed by atoms with Gasteiger partial charge in [0.05, 0.1) is 18.7 Å². The van der Waals surface area contributed by atoms with Gasteiger partial charge >= 0.3 is 0 Å². The summed E-state index contributed by atoms with van der Waals surface area (Å²) >= 11 is 0. The summed E-state index contributed by atoms with van der Waals surface area (Å²) in [5.41, 5.74) is 3.67. The zero-order chi connectivity index (χ0) is 27.7. The van der Waals surface area contributed by atoms with Gasteiger partial charge in [-0.2, -0.15) is 0 Å². The smallest absolute Gasteiger partial charge is 0.300 e. The van der Waals surface area contributed by atoms with Gasteiger partial charge in [0.15, 0.2) is 0 Å². The molecule has 0 radical (unpaired) electrons. The lowest BCUT2D eigenvalue weighted by molar-refractivity contribution is -0.132. The molecule has 2 fully saturated rings. The van der Waals surface area contributed by atoms with Crippen molar-refractivity contribution in [2.75, 3.05) is 30.0 Å². The van der Waals surface area contributed by atoms with E-state index in [1.54, 1.807) is 19.2 Å². The molecule has 39 heavy (non-hydrogen) atoms. The summed E-state index contributed by atoms with van der Waals surface area (Å²) in [5.74, 6) is -0.842. The van der Waals surface area contributed by atoms with Crippen LogP contribution < -0.4 is 14.5 Å². The number of methoxy groups -OCH3 is 1. The van der Waals surface area contributed by atoms with E-state index in [1.165, 1.54) is 24.2 Å². The number of aliphatic hydroxyl groups excluding tert-OH is 1. The number of hydrogen-bond donors (Lipinski definition) is 1. The van der Waals surface area contributed by atoms with Crippen LogP contribution in [0, 0.1) is 0 Å². The normalized spacial score (nSPS) is 19.4.